The lowest BCUT2D eigenvalue weighted by atomic mass is 10.1. The highest BCUT2D eigenvalue weighted by Crippen LogP contribution is 2.17. The van der Waals surface area contributed by atoms with Crippen molar-refractivity contribution in [1.29, 1.82) is 0 Å². The number of nitrogens with one attached hydrogen (secondary N) is 2. The quantitative estimate of drug-likeness (QED) is 0.292. The van der Waals surface area contributed by atoms with Crippen LogP contribution in [0.15, 0.2) is 21.8 Å². The number of β-amino-alcohol motifs (C(OH)–C–C–N with tert-alkyl or cyclic N) is 1. The maximum atomic E-state index is 10.7. The molecule has 1 aliphatic heterocycles. The number of rotatable bonds is 8. The summed E-state index contributed by atoms with van der Waals surface area (Å²) in [6.07, 6.45) is 0. The molecule has 0 amide bonds. The molecule has 1 fully saturated rings. The first kappa shape index (κ1) is 23.6. The van der Waals surface area contributed by atoms with Crippen molar-refractivity contribution in [2.75, 3.05) is 52.5 Å². The van der Waals surface area contributed by atoms with Gasteiger partial charge in [-0.25, -0.2) is 0 Å². The van der Waals surface area contributed by atoms with Crippen molar-refractivity contribution in [3.63, 3.8) is 0 Å². The van der Waals surface area contributed by atoms with E-state index < -0.39 is 5.60 Å². The highest BCUT2D eigenvalue weighted by molar-refractivity contribution is 14.0. The van der Waals surface area contributed by atoms with Crippen molar-refractivity contribution in [1.82, 2.24) is 15.5 Å². The molecule has 0 saturated carbocycles. The summed E-state index contributed by atoms with van der Waals surface area (Å²) >= 11 is 1.72. The zero-order valence-electron chi connectivity index (χ0n) is 16.0. The summed E-state index contributed by atoms with van der Waals surface area (Å²) in [5, 5.41) is 21.6. The fourth-order valence-electron chi connectivity index (χ4n) is 2.81. The van der Waals surface area contributed by atoms with E-state index in [0.717, 1.165) is 45.4 Å². The Labute approximate surface area is 178 Å². The molecule has 1 aromatic rings. The van der Waals surface area contributed by atoms with E-state index in [9.17, 15) is 5.11 Å². The average molecular weight is 496 g/mol. The van der Waals surface area contributed by atoms with Crippen molar-refractivity contribution >= 4 is 41.3 Å². The molecule has 0 aromatic carbocycles. The van der Waals surface area contributed by atoms with E-state index in [4.69, 9.17) is 4.74 Å². The minimum absolute atomic E-state index is 0. The second kappa shape index (κ2) is 12.1. The van der Waals surface area contributed by atoms with Gasteiger partial charge >= 0.3 is 0 Å². The van der Waals surface area contributed by atoms with Crippen LogP contribution in [0.3, 0.4) is 0 Å². The van der Waals surface area contributed by atoms with Gasteiger partial charge in [0, 0.05) is 32.7 Å². The van der Waals surface area contributed by atoms with Gasteiger partial charge in [-0.05, 0) is 42.2 Å². The number of morpholine rings is 1. The van der Waals surface area contributed by atoms with Gasteiger partial charge < -0.3 is 20.5 Å². The molecule has 0 bridgehead atoms. The lowest BCUT2D eigenvalue weighted by Crippen LogP contribution is -2.48. The number of aliphatic hydroxyl groups is 1. The van der Waals surface area contributed by atoms with Gasteiger partial charge in [0.1, 0.15) is 0 Å². The molecule has 150 valence electrons. The summed E-state index contributed by atoms with van der Waals surface area (Å²) in [4.78, 5) is 6.83. The lowest BCUT2D eigenvalue weighted by molar-refractivity contribution is -0.0179. The SMILES string of the molecule is CCNC(=NCC(C)(O)CN1CCOCC1)NCC(C)c1ccsc1.I. The Balaban J connectivity index is 0.00000338. The molecule has 2 unspecified atom stereocenters. The lowest BCUT2D eigenvalue weighted by Gasteiger charge is -2.33. The number of thiophene rings is 1. The van der Waals surface area contributed by atoms with E-state index in [1.54, 1.807) is 11.3 Å². The van der Waals surface area contributed by atoms with Crippen LogP contribution in [0, 0.1) is 0 Å². The second-order valence-corrected chi connectivity index (χ2v) is 7.70. The highest BCUT2D eigenvalue weighted by atomic mass is 127. The summed E-state index contributed by atoms with van der Waals surface area (Å²) in [5.74, 6) is 1.18. The predicted molar refractivity (Wildman–Crippen MR) is 120 cm³/mol. The van der Waals surface area contributed by atoms with Gasteiger partial charge in [0.2, 0.25) is 0 Å². The van der Waals surface area contributed by atoms with Gasteiger partial charge in [-0.2, -0.15) is 11.3 Å². The third kappa shape index (κ3) is 8.51. The number of nitrogens with zero attached hydrogens (tertiary/aromatic N) is 2. The molecule has 26 heavy (non-hydrogen) atoms. The average Bonchev–Trinajstić information content (AvgIpc) is 3.12. The molecule has 0 aliphatic carbocycles. The number of guanidine groups is 1. The van der Waals surface area contributed by atoms with Crippen LogP contribution in [0.5, 0.6) is 0 Å². The molecule has 1 aliphatic rings. The number of hydrogen-bond acceptors (Lipinski definition) is 5. The normalized spacial score (nSPS) is 19.3. The van der Waals surface area contributed by atoms with Crippen molar-refractivity contribution < 1.29 is 9.84 Å². The first-order valence-electron chi connectivity index (χ1n) is 9.07. The second-order valence-electron chi connectivity index (χ2n) is 6.92. The van der Waals surface area contributed by atoms with Gasteiger partial charge in [0.15, 0.2) is 5.96 Å². The molecule has 2 rings (SSSR count). The molecular formula is C18H33IN4O2S. The Hall–Kier alpha value is -0.420. The topological polar surface area (TPSA) is 69.1 Å². The Kier molecular flexibility index (Phi) is 11.0. The number of aliphatic imine (C=N–C) groups is 1. The van der Waals surface area contributed by atoms with Crippen LogP contribution >= 0.6 is 35.3 Å². The van der Waals surface area contributed by atoms with Crippen LogP contribution in [0.4, 0.5) is 0 Å². The molecule has 8 heteroatoms. The van der Waals surface area contributed by atoms with Crippen molar-refractivity contribution in [3.8, 4) is 0 Å². The van der Waals surface area contributed by atoms with Crippen molar-refractivity contribution in [2.45, 2.75) is 32.3 Å². The first-order valence-corrected chi connectivity index (χ1v) is 10.0. The Morgan fingerprint density at radius 2 is 2.15 bits per heavy atom. The fraction of sp³-hybridized carbons (Fsp3) is 0.722. The first-order chi connectivity index (χ1) is 12.0. The number of ether oxygens (including phenoxy) is 1. The van der Waals surface area contributed by atoms with Gasteiger partial charge in [0.05, 0.1) is 25.4 Å². The van der Waals surface area contributed by atoms with E-state index in [-0.39, 0.29) is 24.0 Å². The van der Waals surface area contributed by atoms with Crippen LogP contribution in [0.2, 0.25) is 0 Å². The minimum Gasteiger partial charge on any atom is -0.387 e. The summed E-state index contributed by atoms with van der Waals surface area (Å²) in [5.41, 5.74) is 0.492. The van der Waals surface area contributed by atoms with E-state index in [1.807, 2.05) is 13.8 Å². The monoisotopic (exact) mass is 496 g/mol. The highest BCUT2D eigenvalue weighted by Gasteiger charge is 2.25. The van der Waals surface area contributed by atoms with Crippen LogP contribution < -0.4 is 10.6 Å². The van der Waals surface area contributed by atoms with Crippen molar-refractivity contribution in [2.24, 2.45) is 4.99 Å². The molecular weight excluding hydrogens is 463 g/mol. The zero-order chi connectivity index (χ0) is 18.1. The van der Waals surface area contributed by atoms with Crippen molar-refractivity contribution in [3.05, 3.63) is 22.4 Å². The summed E-state index contributed by atoms with van der Waals surface area (Å²) in [7, 11) is 0. The number of hydrogen-bond donors (Lipinski definition) is 3. The van der Waals surface area contributed by atoms with E-state index in [1.165, 1.54) is 5.56 Å². The van der Waals surface area contributed by atoms with Crippen LogP contribution in [0.25, 0.3) is 0 Å². The van der Waals surface area contributed by atoms with Crippen LogP contribution in [-0.2, 0) is 4.74 Å². The largest absolute Gasteiger partial charge is 0.387 e. The fourth-order valence-corrected chi connectivity index (χ4v) is 3.59. The van der Waals surface area contributed by atoms with Gasteiger partial charge in [-0.1, -0.05) is 6.92 Å². The molecule has 6 nitrogen and oxygen atoms in total. The molecule has 0 spiro atoms. The molecule has 1 saturated heterocycles. The minimum atomic E-state index is -0.849. The van der Waals surface area contributed by atoms with Gasteiger partial charge in [-0.3, -0.25) is 9.89 Å². The Morgan fingerprint density at radius 1 is 1.42 bits per heavy atom. The molecule has 2 atom stereocenters. The standard InChI is InChI=1S/C18H32N4O2S.HI/c1-4-19-17(20-11-15(2)16-5-10-25-12-16)21-13-18(3,23)14-22-6-8-24-9-7-22;/h5,10,12,15,23H,4,6-9,11,13-14H2,1-3H3,(H2,19,20,21);1H. The van der Waals surface area contributed by atoms with E-state index in [0.29, 0.717) is 19.0 Å². The van der Waals surface area contributed by atoms with Crippen LogP contribution in [0.1, 0.15) is 32.3 Å². The summed E-state index contributed by atoms with van der Waals surface area (Å²) in [6, 6.07) is 2.16. The smallest absolute Gasteiger partial charge is 0.191 e. The van der Waals surface area contributed by atoms with Crippen LogP contribution in [-0.4, -0.2) is 74.0 Å². The molecule has 1 aromatic heterocycles. The molecule has 0 radical (unpaired) electrons. The maximum Gasteiger partial charge on any atom is 0.191 e. The maximum absolute atomic E-state index is 10.7. The Bertz CT molecular complexity index is 519. The van der Waals surface area contributed by atoms with Gasteiger partial charge in [-0.15, -0.1) is 24.0 Å². The third-order valence-corrected chi connectivity index (χ3v) is 4.98. The Morgan fingerprint density at radius 3 is 2.77 bits per heavy atom. The van der Waals surface area contributed by atoms with E-state index >= 15 is 0 Å². The van der Waals surface area contributed by atoms with E-state index in [2.05, 4.69) is 44.3 Å². The van der Waals surface area contributed by atoms with Gasteiger partial charge in [0.25, 0.3) is 0 Å². The molecule has 2 heterocycles. The number of halogens is 1. The summed E-state index contributed by atoms with van der Waals surface area (Å²) < 4.78 is 5.36. The predicted octanol–water partition coefficient (Wildman–Crippen LogP) is 2.11. The summed E-state index contributed by atoms with van der Waals surface area (Å²) in [6.45, 7) is 11.9. The molecule has 3 N–H and O–H groups in total. The zero-order valence-corrected chi connectivity index (χ0v) is 19.2. The third-order valence-electron chi connectivity index (χ3n) is 4.28.